The second kappa shape index (κ2) is 9.10. The van der Waals surface area contributed by atoms with Crippen LogP contribution >= 0.6 is 0 Å². The van der Waals surface area contributed by atoms with Crippen molar-refractivity contribution >= 4 is 15.8 Å². The Hall–Kier alpha value is -1.80. The Morgan fingerprint density at radius 1 is 1.00 bits per heavy atom. The van der Waals surface area contributed by atoms with Crippen LogP contribution < -0.4 is 0 Å². The van der Waals surface area contributed by atoms with Crippen LogP contribution in [0.5, 0.6) is 0 Å². The van der Waals surface area contributed by atoms with E-state index in [1.807, 2.05) is 37.3 Å². The van der Waals surface area contributed by atoms with Crippen molar-refractivity contribution in [2.24, 2.45) is 33.5 Å². The molecule has 6 aliphatic carbocycles. The molecule has 0 aromatic heterocycles. The van der Waals surface area contributed by atoms with Gasteiger partial charge in [-0.2, -0.15) is 4.31 Å². The maximum Gasteiger partial charge on any atom is 0.211 e. The second-order valence-corrected chi connectivity index (χ2v) is 16.1. The van der Waals surface area contributed by atoms with Crippen LogP contribution in [-0.2, 0) is 10.0 Å². The van der Waals surface area contributed by atoms with Crippen molar-refractivity contribution in [2.45, 2.75) is 83.8 Å². The Morgan fingerprint density at radius 3 is 2.33 bits per heavy atom. The molecule has 1 aromatic rings. The molecule has 40 heavy (non-hydrogen) atoms. The van der Waals surface area contributed by atoms with Gasteiger partial charge in [0.25, 0.3) is 0 Å². The maximum absolute atomic E-state index is 14.4. The third kappa shape index (κ3) is 3.63. The molecule has 2 N–H and O–H groups in total. The molecule has 3 fully saturated rings. The third-order valence-corrected chi connectivity index (χ3v) is 13.6. The number of sulfonamides is 1. The van der Waals surface area contributed by atoms with Crippen molar-refractivity contribution in [3.05, 3.63) is 59.7 Å². The number of nitrogens with zero attached hydrogens (tertiary/aromatic N) is 1. The van der Waals surface area contributed by atoms with Gasteiger partial charge in [-0.25, -0.2) is 8.42 Å². The summed E-state index contributed by atoms with van der Waals surface area (Å²) in [5.41, 5.74) is -1.24. The lowest BCUT2D eigenvalue weighted by molar-refractivity contribution is -0.173. The molecule has 0 saturated heterocycles. The van der Waals surface area contributed by atoms with E-state index in [0.717, 1.165) is 37.7 Å². The summed E-state index contributed by atoms with van der Waals surface area (Å²) in [4.78, 5) is 14.4. The van der Waals surface area contributed by atoms with Crippen LogP contribution in [0.1, 0.15) is 82.5 Å². The zero-order chi connectivity index (χ0) is 28.8. The first-order chi connectivity index (χ1) is 18.8. The maximum atomic E-state index is 14.4. The minimum Gasteiger partial charge on any atom is -0.393 e. The van der Waals surface area contributed by atoms with E-state index in [1.54, 1.807) is 0 Å². The number of rotatable bonds is 7. The summed E-state index contributed by atoms with van der Waals surface area (Å²) >= 11 is 0. The smallest absolute Gasteiger partial charge is 0.211 e. The summed E-state index contributed by atoms with van der Waals surface area (Å²) < 4.78 is 26.9. The van der Waals surface area contributed by atoms with Crippen molar-refractivity contribution in [2.75, 3.05) is 19.3 Å². The highest BCUT2D eigenvalue weighted by Crippen LogP contribution is 2.78. The molecule has 2 spiro atoms. The summed E-state index contributed by atoms with van der Waals surface area (Å²) in [5, 5.41) is 23.3. The molecule has 7 rings (SSSR count). The molecule has 218 valence electrons. The fourth-order valence-electron chi connectivity index (χ4n) is 10.2. The molecule has 6 nitrogen and oxygen atoms in total. The largest absolute Gasteiger partial charge is 0.393 e. The molecular formula is C33H45NO5S. The van der Waals surface area contributed by atoms with Crippen molar-refractivity contribution in [3.63, 3.8) is 0 Å². The predicted octanol–water partition coefficient (Wildman–Crippen LogP) is 5.13. The average molecular weight is 568 g/mol. The highest BCUT2D eigenvalue weighted by molar-refractivity contribution is 7.88. The van der Waals surface area contributed by atoms with Crippen LogP contribution in [0.4, 0.5) is 0 Å². The third-order valence-electron chi connectivity index (χ3n) is 12.4. The summed E-state index contributed by atoms with van der Waals surface area (Å²) in [6, 6.07) is 9.49. The quantitative estimate of drug-likeness (QED) is 0.352. The molecule has 7 heteroatoms. The number of Topliss-reactive ketones (excluding diaryl/α,β-unsaturated/α-hetero) is 1. The number of fused-ring (bicyclic) bond motifs is 1. The van der Waals surface area contributed by atoms with Gasteiger partial charge >= 0.3 is 0 Å². The van der Waals surface area contributed by atoms with Gasteiger partial charge in [0, 0.05) is 40.5 Å². The number of hydrogen-bond donors (Lipinski definition) is 2. The molecular weight excluding hydrogens is 522 g/mol. The fourth-order valence-corrected chi connectivity index (χ4v) is 11.2. The Labute approximate surface area is 239 Å². The topological polar surface area (TPSA) is 94.9 Å². The van der Waals surface area contributed by atoms with E-state index in [2.05, 4.69) is 32.1 Å². The van der Waals surface area contributed by atoms with Crippen LogP contribution in [0.15, 0.2) is 54.1 Å². The Kier molecular flexibility index (Phi) is 6.44. The van der Waals surface area contributed by atoms with Crippen LogP contribution in [0, 0.1) is 33.5 Å². The fraction of sp³-hybridized carbons (Fsp3) is 0.667. The summed E-state index contributed by atoms with van der Waals surface area (Å²) in [7, 11) is -3.48. The van der Waals surface area contributed by atoms with Crippen LogP contribution in [0.3, 0.4) is 0 Å². The highest BCUT2D eigenvalue weighted by atomic mass is 32.2. The van der Waals surface area contributed by atoms with E-state index in [1.165, 1.54) is 10.6 Å². The number of aliphatic hydroxyl groups is 2. The van der Waals surface area contributed by atoms with E-state index >= 15 is 0 Å². The Morgan fingerprint density at radius 2 is 1.65 bits per heavy atom. The predicted molar refractivity (Wildman–Crippen MR) is 156 cm³/mol. The number of hydrogen-bond acceptors (Lipinski definition) is 5. The van der Waals surface area contributed by atoms with Crippen molar-refractivity contribution in [3.8, 4) is 0 Å². The number of ketones is 1. The van der Waals surface area contributed by atoms with Gasteiger partial charge in [0.15, 0.2) is 5.78 Å². The molecule has 1 aromatic carbocycles. The molecule has 2 bridgehead atoms. The van der Waals surface area contributed by atoms with Crippen molar-refractivity contribution in [1.82, 2.24) is 4.31 Å². The lowest BCUT2D eigenvalue weighted by Crippen LogP contribution is -2.67. The molecule has 6 aliphatic rings. The van der Waals surface area contributed by atoms with Crippen LogP contribution in [0.25, 0.3) is 0 Å². The van der Waals surface area contributed by atoms with Gasteiger partial charge in [0.2, 0.25) is 10.0 Å². The first kappa shape index (κ1) is 28.3. The Bertz CT molecular complexity index is 1370. The summed E-state index contributed by atoms with van der Waals surface area (Å²) in [6.45, 7) is 6.97. The van der Waals surface area contributed by atoms with Crippen molar-refractivity contribution in [1.29, 1.82) is 0 Å². The van der Waals surface area contributed by atoms with E-state index in [4.69, 9.17) is 0 Å². The molecule has 3 saturated carbocycles. The first-order valence-corrected chi connectivity index (χ1v) is 17.0. The van der Waals surface area contributed by atoms with E-state index in [0.29, 0.717) is 31.4 Å². The Balaban J connectivity index is 1.50. The van der Waals surface area contributed by atoms with Crippen LogP contribution in [0.2, 0.25) is 0 Å². The second-order valence-electron chi connectivity index (χ2n) is 14.1. The average Bonchev–Trinajstić information content (AvgIpc) is 3.18. The molecule has 0 heterocycles. The van der Waals surface area contributed by atoms with E-state index < -0.39 is 32.6 Å². The van der Waals surface area contributed by atoms with Gasteiger partial charge in [-0.15, -0.1) is 0 Å². The normalized spacial score (nSPS) is 43.7. The summed E-state index contributed by atoms with van der Waals surface area (Å²) in [6.07, 6.45) is 13.6. The lowest BCUT2D eigenvalue weighted by atomic mass is 9.32. The molecule has 8 atom stereocenters. The first-order valence-electron chi connectivity index (χ1n) is 15.2. The van der Waals surface area contributed by atoms with Crippen LogP contribution in [-0.4, -0.2) is 59.8 Å². The van der Waals surface area contributed by atoms with Crippen molar-refractivity contribution < 1.29 is 23.4 Å². The van der Waals surface area contributed by atoms with Gasteiger partial charge < -0.3 is 10.2 Å². The number of carbonyl (C=O) groups excluding carboxylic acids is 1. The number of benzene rings is 1. The minimum absolute atomic E-state index is 0.00363. The number of aliphatic hydroxyl groups excluding tert-OH is 1. The van der Waals surface area contributed by atoms with Gasteiger partial charge in [0.05, 0.1) is 18.0 Å². The molecule has 8 unspecified atom stereocenters. The van der Waals surface area contributed by atoms with Gasteiger partial charge in [0.1, 0.15) is 0 Å². The zero-order valence-electron chi connectivity index (χ0n) is 24.4. The minimum atomic E-state index is -3.48. The molecule has 0 amide bonds. The summed E-state index contributed by atoms with van der Waals surface area (Å²) in [5.74, 6) is 0.260. The molecule has 0 radical (unpaired) electrons. The van der Waals surface area contributed by atoms with E-state index in [9.17, 15) is 23.4 Å². The van der Waals surface area contributed by atoms with Gasteiger partial charge in [-0.1, -0.05) is 69.3 Å². The number of carbonyl (C=O) groups is 1. The highest BCUT2D eigenvalue weighted by Gasteiger charge is 2.74. The molecule has 0 aliphatic heterocycles. The SMILES string of the molecule is CCCN(CC1(O)CCC2C34C=CC5(C=C3C(=O)c3ccccc3)CC(O)CCC5(C)C4CCC21C)S(C)(=O)=O. The monoisotopic (exact) mass is 567 g/mol. The number of allylic oxidation sites excluding steroid dienone is 4. The van der Waals surface area contributed by atoms with Gasteiger partial charge in [-0.3, -0.25) is 4.79 Å². The van der Waals surface area contributed by atoms with E-state index in [-0.39, 0.29) is 35.0 Å². The standard InChI is InChI=1S/C33H45NO5S/c1-5-19-34(40(4,38)39)22-32(37)16-13-27-30(32,3)15-12-26-29(2)14-11-24(35)20-31(29)17-18-33(26,27)25(21-31)28(36)23-9-7-6-8-10-23/h6-10,17-18,21,24,26-27,35,37H,5,11-16,19-20,22H2,1-4H3. The van der Waals surface area contributed by atoms with Gasteiger partial charge in [-0.05, 0) is 68.6 Å². The zero-order valence-corrected chi connectivity index (χ0v) is 25.2. The lowest BCUT2D eigenvalue weighted by Gasteiger charge is -2.71.